The Labute approximate surface area is 96.8 Å². The molecule has 5 N–H and O–H groups in total. The molecule has 0 aliphatic heterocycles. The highest BCUT2D eigenvalue weighted by molar-refractivity contribution is 5.91. The first-order valence-corrected chi connectivity index (χ1v) is 4.86. The lowest BCUT2D eigenvalue weighted by molar-refractivity contribution is 0.0996. The van der Waals surface area contributed by atoms with Crippen molar-refractivity contribution in [2.75, 3.05) is 11.1 Å². The largest absolute Gasteiger partial charge is 0.396 e. The maximum atomic E-state index is 11.0. The number of primary amides is 1. The van der Waals surface area contributed by atoms with E-state index in [9.17, 15) is 4.79 Å². The van der Waals surface area contributed by atoms with Gasteiger partial charge >= 0.3 is 0 Å². The Hall–Kier alpha value is -2.57. The average Bonchev–Trinajstić information content (AvgIpc) is 2.80. The van der Waals surface area contributed by atoms with Crippen LogP contribution in [-0.4, -0.2) is 16.0 Å². The van der Waals surface area contributed by atoms with E-state index in [1.807, 2.05) is 0 Å². The highest BCUT2D eigenvalue weighted by Gasteiger charge is 2.07. The number of nitrogens with one attached hydrogen (secondary N) is 1. The first kappa shape index (κ1) is 10.9. The fraction of sp³-hybridized carbons (Fsp3) is 0.100. The molecule has 2 rings (SSSR count). The third kappa shape index (κ3) is 2.51. The van der Waals surface area contributed by atoms with Gasteiger partial charge in [-0.1, -0.05) is 5.16 Å². The summed E-state index contributed by atoms with van der Waals surface area (Å²) >= 11 is 0. The van der Waals surface area contributed by atoms with Crippen molar-refractivity contribution in [1.29, 1.82) is 0 Å². The lowest BCUT2D eigenvalue weighted by Crippen LogP contribution is -2.15. The van der Waals surface area contributed by atoms with Crippen molar-refractivity contribution in [1.82, 2.24) is 10.1 Å². The molecule has 0 bridgehead atoms. The Morgan fingerprint density at radius 2 is 2.24 bits per heavy atom. The second-order valence-electron chi connectivity index (χ2n) is 3.33. The molecule has 0 saturated carbocycles. The fourth-order valence-electron chi connectivity index (χ4n) is 1.25. The Bertz CT molecular complexity index is 523. The number of carbonyl (C=O) groups is 1. The van der Waals surface area contributed by atoms with E-state index in [1.54, 1.807) is 12.1 Å². The van der Waals surface area contributed by atoms with Crippen molar-refractivity contribution in [2.45, 2.75) is 6.54 Å². The summed E-state index contributed by atoms with van der Waals surface area (Å²) < 4.78 is 4.90. The Balaban J connectivity index is 2.14. The zero-order valence-electron chi connectivity index (χ0n) is 8.88. The molecule has 0 atom stereocenters. The minimum atomic E-state index is -0.604. The topological polar surface area (TPSA) is 120 Å². The lowest BCUT2D eigenvalue weighted by Gasteiger charge is -2.07. The molecule has 0 saturated heterocycles. The molecule has 0 aliphatic rings. The van der Waals surface area contributed by atoms with Crippen molar-refractivity contribution in [3.8, 4) is 0 Å². The molecule has 0 aromatic carbocycles. The zero-order valence-corrected chi connectivity index (χ0v) is 8.88. The SMILES string of the molecule is NC(=O)c1ccc(N)c(NCc2ccno2)n1. The molecule has 0 spiro atoms. The van der Waals surface area contributed by atoms with Crippen LogP contribution >= 0.6 is 0 Å². The molecule has 7 heteroatoms. The Morgan fingerprint density at radius 1 is 1.41 bits per heavy atom. The van der Waals surface area contributed by atoms with E-state index in [4.69, 9.17) is 16.0 Å². The number of carbonyl (C=O) groups excluding carboxylic acids is 1. The predicted octanol–water partition coefficient (Wildman–Crippen LogP) is 0.363. The second-order valence-corrected chi connectivity index (χ2v) is 3.33. The number of nitrogens with two attached hydrogens (primary N) is 2. The van der Waals surface area contributed by atoms with Crippen LogP contribution in [0, 0.1) is 0 Å². The number of hydrogen-bond donors (Lipinski definition) is 3. The summed E-state index contributed by atoms with van der Waals surface area (Å²) in [6.45, 7) is 0.374. The van der Waals surface area contributed by atoms with Crippen LogP contribution in [0.5, 0.6) is 0 Å². The maximum absolute atomic E-state index is 11.0. The molecule has 88 valence electrons. The third-order valence-corrected chi connectivity index (χ3v) is 2.10. The van der Waals surface area contributed by atoms with Crippen LogP contribution < -0.4 is 16.8 Å². The van der Waals surface area contributed by atoms with E-state index in [2.05, 4.69) is 15.5 Å². The van der Waals surface area contributed by atoms with E-state index < -0.39 is 5.91 Å². The van der Waals surface area contributed by atoms with Crippen LogP contribution in [0.4, 0.5) is 11.5 Å². The summed E-state index contributed by atoms with van der Waals surface area (Å²) in [7, 11) is 0. The van der Waals surface area contributed by atoms with E-state index in [-0.39, 0.29) is 5.69 Å². The van der Waals surface area contributed by atoms with Crippen LogP contribution in [0.2, 0.25) is 0 Å². The number of nitrogen functional groups attached to an aromatic ring is 1. The van der Waals surface area contributed by atoms with Crippen LogP contribution in [0.3, 0.4) is 0 Å². The van der Waals surface area contributed by atoms with Gasteiger partial charge in [0.05, 0.1) is 18.4 Å². The molecular weight excluding hydrogens is 222 g/mol. The Kier molecular flexibility index (Phi) is 2.91. The van der Waals surface area contributed by atoms with Crippen molar-refractivity contribution in [2.24, 2.45) is 5.73 Å². The van der Waals surface area contributed by atoms with E-state index in [0.29, 0.717) is 23.8 Å². The standard InChI is InChI=1S/C10H11N5O2/c11-7-1-2-8(9(12)16)15-10(7)13-5-6-3-4-14-17-6/h1-4H,5,11H2,(H2,12,16)(H,13,15). The number of rotatable bonds is 4. The highest BCUT2D eigenvalue weighted by Crippen LogP contribution is 2.16. The van der Waals surface area contributed by atoms with Crippen LogP contribution in [0.25, 0.3) is 0 Å². The smallest absolute Gasteiger partial charge is 0.267 e. The molecule has 17 heavy (non-hydrogen) atoms. The Morgan fingerprint density at radius 3 is 2.88 bits per heavy atom. The number of anilines is 2. The van der Waals surface area contributed by atoms with Crippen LogP contribution in [-0.2, 0) is 6.54 Å². The van der Waals surface area contributed by atoms with Gasteiger partial charge in [0, 0.05) is 6.07 Å². The first-order chi connectivity index (χ1) is 8.16. The highest BCUT2D eigenvalue weighted by atomic mass is 16.5. The van der Waals surface area contributed by atoms with Crippen molar-refractivity contribution < 1.29 is 9.32 Å². The fourth-order valence-corrected chi connectivity index (χ4v) is 1.25. The molecule has 1 amide bonds. The molecule has 0 unspecified atom stereocenters. The van der Waals surface area contributed by atoms with Crippen molar-refractivity contribution >= 4 is 17.4 Å². The summed E-state index contributed by atoms with van der Waals surface area (Å²) in [5.41, 5.74) is 11.4. The van der Waals surface area contributed by atoms with Gasteiger partial charge in [0.25, 0.3) is 5.91 Å². The average molecular weight is 233 g/mol. The first-order valence-electron chi connectivity index (χ1n) is 4.86. The van der Waals surface area contributed by atoms with Gasteiger partial charge in [-0.05, 0) is 12.1 Å². The predicted molar refractivity (Wildman–Crippen MR) is 61.0 cm³/mol. The van der Waals surface area contributed by atoms with Gasteiger partial charge in [0.15, 0.2) is 11.6 Å². The lowest BCUT2D eigenvalue weighted by atomic mass is 10.3. The molecule has 2 heterocycles. The molecule has 7 nitrogen and oxygen atoms in total. The van der Waals surface area contributed by atoms with Gasteiger partial charge in [-0.2, -0.15) is 0 Å². The number of aromatic nitrogens is 2. The minimum absolute atomic E-state index is 0.152. The molecular formula is C10H11N5O2. The summed E-state index contributed by atoms with van der Waals surface area (Å²) in [6.07, 6.45) is 1.54. The van der Waals surface area contributed by atoms with E-state index in [0.717, 1.165) is 0 Å². The number of nitrogens with zero attached hydrogens (tertiary/aromatic N) is 2. The molecule has 2 aromatic heterocycles. The zero-order chi connectivity index (χ0) is 12.3. The van der Waals surface area contributed by atoms with Gasteiger partial charge in [-0.25, -0.2) is 4.98 Å². The number of pyridine rings is 1. The molecule has 0 radical (unpaired) electrons. The number of amides is 1. The molecule has 0 aliphatic carbocycles. The van der Waals surface area contributed by atoms with E-state index in [1.165, 1.54) is 12.3 Å². The normalized spacial score (nSPS) is 10.1. The van der Waals surface area contributed by atoms with Gasteiger partial charge in [0.2, 0.25) is 0 Å². The monoisotopic (exact) mass is 233 g/mol. The summed E-state index contributed by atoms with van der Waals surface area (Å²) in [5.74, 6) is 0.418. The van der Waals surface area contributed by atoms with Crippen molar-refractivity contribution in [3.05, 3.63) is 35.9 Å². The number of hydrogen-bond acceptors (Lipinski definition) is 6. The minimum Gasteiger partial charge on any atom is -0.396 e. The van der Waals surface area contributed by atoms with Crippen LogP contribution in [0.15, 0.2) is 28.9 Å². The van der Waals surface area contributed by atoms with Gasteiger partial charge in [-0.15, -0.1) is 0 Å². The quantitative estimate of drug-likeness (QED) is 0.701. The molecule has 2 aromatic rings. The second kappa shape index (κ2) is 4.52. The van der Waals surface area contributed by atoms with E-state index >= 15 is 0 Å². The third-order valence-electron chi connectivity index (χ3n) is 2.10. The summed E-state index contributed by atoms with van der Waals surface area (Å²) in [6, 6.07) is 4.74. The van der Waals surface area contributed by atoms with Gasteiger partial charge in [-0.3, -0.25) is 4.79 Å². The van der Waals surface area contributed by atoms with Gasteiger partial charge < -0.3 is 21.3 Å². The van der Waals surface area contributed by atoms with Crippen LogP contribution in [0.1, 0.15) is 16.2 Å². The summed E-state index contributed by atoms with van der Waals surface area (Å²) in [4.78, 5) is 15.0. The summed E-state index contributed by atoms with van der Waals surface area (Å²) in [5, 5.41) is 6.49. The molecule has 0 fully saturated rings. The van der Waals surface area contributed by atoms with Crippen molar-refractivity contribution in [3.63, 3.8) is 0 Å². The maximum Gasteiger partial charge on any atom is 0.267 e. The van der Waals surface area contributed by atoms with Gasteiger partial charge in [0.1, 0.15) is 5.69 Å².